The van der Waals surface area contributed by atoms with Gasteiger partial charge in [-0.2, -0.15) is 0 Å². The number of imide groups is 1. The molecule has 1 unspecified atom stereocenters. The molecule has 156 valence electrons. The summed E-state index contributed by atoms with van der Waals surface area (Å²) in [6, 6.07) is 13.6. The number of nitrogens with one attached hydrogen (secondary N) is 1. The summed E-state index contributed by atoms with van der Waals surface area (Å²) in [4.78, 5) is 49.3. The van der Waals surface area contributed by atoms with Crippen molar-refractivity contribution in [2.45, 2.75) is 29.4 Å². The third kappa shape index (κ3) is 5.18. The summed E-state index contributed by atoms with van der Waals surface area (Å²) in [5.41, 5.74) is 1.04. The fraction of sp³-hybridized carbons (Fsp3) is 0.238. The number of methoxy groups -OCH3 is 1. The number of hydrogen-bond donors (Lipinski definition) is 2. The minimum Gasteiger partial charge on any atom is -0.497 e. The summed E-state index contributed by atoms with van der Waals surface area (Å²) in [7, 11) is 1.54. The average Bonchev–Trinajstić information content (AvgIpc) is 3.01. The molecule has 0 spiro atoms. The molecule has 1 atom stereocenters. The summed E-state index contributed by atoms with van der Waals surface area (Å²) < 4.78 is 5.10. The highest BCUT2D eigenvalue weighted by atomic mass is 32.2. The van der Waals surface area contributed by atoms with Crippen molar-refractivity contribution in [3.8, 4) is 5.75 Å². The first-order valence-electron chi connectivity index (χ1n) is 9.16. The van der Waals surface area contributed by atoms with E-state index in [0.29, 0.717) is 17.1 Å². The molecule has 2 aromatic carbocycles. The quantitative estimate of drug-likeness (QED) is 0.622. The number of thioether (sulfide) groups is 1. The lowest BCUT2D eigenvalue weighted by atomic mass is 10.2. The summed E-state index contributed by atoms with van der Waals surface area (Å²) in [5, 5.41) is 10.7. The number of carbonyl (C=O) groups excluding carboxylic acids is 3. The van der Waals surface area contributed by atoms with E-state index in [4.69, 9.17) is 9.84 Å². The zero-order valence-electron chi connectivity index (χ0n) is 16.2. The van der Waals surface area contributed by atoms with Gasteiger partial charge in [0.25, 0.3) is 0 Å². The number of aliphatic carboxylic acids is 1. The Morgan fingerprint density at radius 1 is 1.10 bits per heavy atom. The van der Waals surface area contributed by atoms with Crippen LogP contribution in [-0.2, 0) is 19.2 Å². The smallest absolute Gasteiger partial charge is 0.303 e. The second kappa shape index (κ2) is 9.45. The Bertz CT molecular complexity index is 958. The molecule has 0 radical (unpaired) electrons. The molecule has 3 rings (SSSR count). The van der Waals surface area contributed by atoms with Gasteiger partial charge in [0.15, 0.2) is 0 Å². The SMILES string of the molecule is COc1ccc(N2C(=O)CC(Sc3ccc(NC(=O)CCC(=O)O)cc3)C2=O)cc1. The molecule has 2 N–H and O–H groups in total. The summed E-state index contributed by atoms with van der Waals surface area (Å²) in [6.45, 7) is 0. The van der Waals surface area contributed by atoms with Crippen LogP contribution in [0.2, 0.25) is 0 Å². The van der Waals surface area contributed by atoms with E-state index in [0.717, 1.165) is 4.90 Å². The van der Waals surface area contributed by atoms with E-state index < -0.39 is 11.2 Å². The van der Waals surface area contributed by atoms with Gasteiger partial charge in [0.2, 0.25) is 17.7 Å². The van der Waals surface area contributed by atoms with E-state index in [9.17, 15) is 19.2 Å². The first-order chi connectivity index (χ1) is 14.4. The lowest BCUT2D eigenvalue weighted by molar-refractivity contribution is -0.138. The standard InChI is InChI=1S/C21H20N2O6S/c1-29-15-6-4-14(5-7-15)23-19(25)12-17(21(23)28)30-16-8-2-13(3-9-16)22-18(24)10-11-20(26)27/h2-9,17H,10-12H2,1H3,(H,22,24)(H,26,27). The van der Waals surface area contributed by atoms with Gasteiger partial charge >= 0.3 is 5.97 Å². The lowest BCUT2D eigenvalue weighted by Crippen LogP contribution is -2.31. The first-order valence-corrected chi connectivity index (χ1v) is 10.0. The molecule has 30 heavy (non-hydrogen) atoms. The van der Waals surface area contributed by atoms with E-state index in [1.165, 1.54) is 16.7 Å². The molecular formula is C21H20N2O6S. The molecule has 8 nitrogen and oxygen atoms in total. The summed E-state index contributed by atoms with van der Waals surface area (Å²) in [6.07, 6.45) is -0.239. The van der Waals surface area contributed by atoms with Crippen molar-refractivity contribution in [1.29, 1.82) is 0 Å². The van der Waals surface area contributed by atoms with Gasteiger partial charge in [0, 0.05) is 23.4 Å². The van der Waals surface area contributed by atoms with Gasteiger partial charge in [-0.25, -0.2) is 4.90 Å². The van der Waals surface area contributed by atoms with Crippen LogP contribution in [0.1, 0.15) is 19.3 Å². The van der Waals surface area contributed by atoms with E-state index >= 15 is 0 Å². The lowest BCUT2D eigenvalue weighted by Gasteiger charge is -2.15. The minimum atomic E-state index is -1.03. The Morgan fingerprint density at radius 3 is 2.37 bits per heavy atom. The Labute approximate surface area is 177 Å². The monoisotopic (exact) mass is 428 g/mol. The molecule has 2 aromatic rings. The second-order valence-electron chi connectivity index (χ2n) is 6.54. The molecule has 1 heterocycles. The third-order valence-electron chi connectivity index (χ3n) is 4.42. The number of nitrogens with zero attached hydrogens (tertiary/aromatic N) is 1. The predicted octanol–water partition coefficient (Wildman–Crippen LogP) is 2.92. The number of anilines is 2. The highest BCUT2D eigenvalue weighted by Gasteiger charge is 2.40. The van der Waals surface area contributed by atoms with Gasteiger partial charge in [-0.1, -0.05) is 0 Å². The minimum absolute atomic E-state index is 0.100. The molecule has 0 bridgehead atoms. The van der Waals surface area contributed by atoms with Crippen LogP contribution >= 0.6 is 11.8 Å². The third-order valence-corrected chi connectivity index (χ3v) is 5.62. The van der Waals surface area contributed by atoms with Gasteiger partial charge < -0.3 is 15.2 Å². The Kier molecular flexibility index (Phi) is 6.73. The Morgan fingerprint density at radius 2 is 1.77 bits per heavy atom. The van der Waals surface area contributed by atoms with Crippen LogP contribution in [0.15, 0.2) is 53.4 Å². The number of carboxylic acids is 1. The van der Waals surface area contributed by atoms with Crippen LogP contribution in [-0.4, -0.2) is 41.2 Å². The van der Waals surface area contributed by atoms with E-state index in [2.05, 4.69) is 5.32 Å². The number of rotatable bonds is 8. The maximum absolute atomic E-state index is 12.8. The van der Waals surface area contributed by atoms with Crippen LogP contribution in [0.5, 0.6) is 5.75 Å². The van der Waals surface area contributed by atoms with Crippen LogP contribution in [0.3, 0.4) is 0 Å². The molecule has 1 saturated heterocycles. The van der Waals surface area contributed by atoms with Crippen molar-refractivity contribution in [3.05, 3.63) is 48.5 Å². The van der Waals surface area contributed by atoms with Crippen molar-refractivity contribution in [2.24, 2.45) is 0 Å². The van der Waals surface area contributed by atoms with Crippen LogP contribution in [0, 0.1) is 0 Å². The molecule has 1 aliphatic rings. The maximum atomic E-state index is 12.8. The molecule has 1 aliphatic heterocycles. The van der Waals surface area contributed by atoms with Crippen LogP contribution in [0.4, 0.5) is 11.4 Å². The molecule has 9 heteroatoms. The molecule has 1 fully saturated rings. The highest BCUT2D eigenvalue weighted by Crippen LogP contribution is 2.34. The van der Waals surface area contributed by atoms with Crippen molar-refractivity contribution in [3.63, 3.8) is 0 Å². The van der Waals surface area contributed by atoms with Crippen molar-refractivity contribution < 1.29 is 29.0 Å². The van der Waals surface area contributed by atoms with E-state index in [1.807, 2.05) is 0 Å². The zero-order chi connectivity index (χ0) is 21.7. The van der Waals surface area contributed by atoms with Gasteiger partial charge in [0.05, 0.1) is 24.5 Å². The average molecular weight is 428 g/mol. The van der Waals surface area contributed by atoms with Crippen molar-refractivity contribution in [2.75, 3.05) is 17.3 Å². The van der Waals surface area contributed by atoms with Crippen molar-refractivity contribution in [1.82, 2.24) is 0 Å². The number of amides is 3. The Balaban J connectivity index is 1.61. The number of ether oxygens (including phenoxy) is 1. The number of carbonyl (C=O) groups is 4. The zero-order valence-corrected chi connectivity index (χ0v) is 17.0. The molecule has 0 aromatic heterocycles. The predicted molar refractivity (Wildman–Crippen MR) is 112 cm³/mol. The summed E-state index contributed by atoms with van der Waals surface area (Å²) >= 11 is 1.28. The van der Waals surface area contributed by atoms with Gasteiger partial charge in [-0.3, -0.25) is 19.2 Å². The first kappa shape index (κ1) is 21.4. The summed E-state index contributed by atoms with van der Waals surface area (Å²) in [5.74, 6) is -1.31. The van der Waals surface area contributed by atoms with E-state index in [-0.39, 0.29) is 37.0 Å². The fourth-order valence-electron chi connectivity index (χ4n) is 2.92. The molecule has 3 amide bonds. The second-order valence-corrected chi connectivity index (χ2v) is 7.82. The number of carboxylic acid groups (broad SMARTS) is 1. The maximum Gasteiger partial charge on any atom is 0.303 e. The van der Waals surface area contributed by atoms with Crippen LogP contribution in [0.25, 0.3) is 0 Å². The topological polar surface area (TPSA) is 113 Å². The largest absolute Gasteiger partial charge is 0.497 e. The number of benzene rings is 2. The van der Waals surface area contributed by atoms with Crippen molar-refractivity contribution >= 4 is 46.8 Å². The van der Waals surface area contributed by atoms with Gasteiger partial charge in [-0.15, -0.1) is 11.8 Å². The normalized spacial score (nSPS) is 15.9. The van der Waals surface area contributed by atoms with Gasteiger partial charge in [-0.05, 0) is 48.5 Å². The van der Waals surface area contributed by atoms with Gasteiger partial charge in [0.1, 0.15) is 5.75 Å². The number of hydrogen-bond acceptors (Lipinski definition) is 6. The molecule has 0 saturated carbocycles. The Hall–Kier alpha value is -3.33. The van der Waals surface area contributed by atoms with E-state index in [1.54, 1.807) is 55.6 Å². The fourth-order valence-corrected chi connectivity index (χ4v) is 3.98. The molecular weight excluding hydrogens is 408 g/mol. The highest BCUT2D eigenvalue weighted by molar-refractivity contribution is 8.00. The van der Waals surface area contributed by atoms with Crippen LogP contribution < -0.4 is 15.0 Å². The molecule has 0 aliphatic carbocycles.